The third-order valence-corrected chi connectivity index (χ3v) is 1.86. The second-order valence-electron chi connectivity index (χ2n) is 2.70. The van der Waals surface area contributed by atoms with Crippen molar-refractivity contribution in [2.24, 2.45) is 7.05 Å². The predicted molar refractivity (Wildman–Crippen MR) is 47.6 cm³/mol. The van der Waals surface area contributed by atoms with E-state index in [9.17, 15) is 9.59 Å². The molecule has 0 aliphatic rings. The van der Waals surface area contributed by atoms with Crippen LogP contribution in [0.25, 0.3) is 10.9 Å². The van der Waals surface area contributed by atoms with Crippen molar-refractivity contribution in [1.82, 2.24) is 14.8 Å². The first-order chi connectivity index (χ1) is 6.20. The van der Waals surface area contributed by atoms with Gasteiger partial charge in [0.2, 0.25) is 0 Å². The van der Waals surface area contributed by atoms with Crippen LogP contribution in [-0.4, -0.2) is 14.8 Å². The summed E-state index contributed by atoms with van der Waals surface area (Å²) in [5.41, 5.74) is -0.188. The van der Waals surface area contributed by atoms with Gasteiger partial charge in [0.05, 0.1) is 11.7 Å². The summed E-state index contributed by atoms with van der Waals surface area (Å²) >= 11 is 0. The Hall–Kier alpha value is -1.91. The molecule has 66 valence electrons. The molecule has 0 radical (unpaired) electrons. The second-order valence-corrected chi connectivity index (χ2v) is 2.70. The lowest BCUT2D eigenvalue weighted by molar-refractivity contribution is 0.716. The van der Waals surface area contributed by atoms with Gasteiger partial charge in [-0.2, -0.15) is 5.10 Å². The zero-order valence-electron chi connectivity index (χ0n) is 6.94. The number of pyridine rings is 1. The lowest BCUT2D eigenvalue weighted by Crippen LogP contribution is -2.24. The molecule has 2 rings (SSSR count). The molecule has 0 spiro atoms. The SMILES string of the molecule is Cn1ncc2[nH]ccc(=O)c2c1=O. The van der Waals surface area contributed by atoms with E-state index in [0.717, 1.165) is 4.68 Å². The quantitative estimate of drug-likeness (QED) is 0.596. The van der Waals surface area contributed by atoms with Crippen LogP contribution in [0.1, 0.15) is 0 Å². The summed E-state index contributed by atoms with van der Waals surface area (Å²) in [7, 11) is 1.51. The number of aromatic amines is 1. The first kappa shape index (κ1) is 7.72. The molecule has 0 fully saturated rings. The Morgan fingerprint density at radius 2 is 2.23 bits per heavy atom. The lowest BCUT2D eigenvalue weighted by Gasteiger charge is -1.97. The molecule has 0 atom stereocenters. The molecule has 0 bridgehead atoms. The van der Waals surface area contributed by atoms with E-state index in [2.05, 4.69) is 10.1 Å². The van der Waals surface area contributed by atoms with Crippen molar-refractivity contribution in [1.29, 1.82) is 0 Å². The van der Waals surface area contributed by atoms with Gasteiger partial charge in [-0.1, -0.05) is 0 Å². The van der Waals surface area contributed by atoms with Crippen LogP contribution < -0.4 is 11.0 Å². The summed E-state index contributed by atoms with van der Waals surface area (Å²) in [6.45, 7) is 0. The fourth-order valence-corrected chi connectivity index (χ4v) is 1.18. The Morgan fingerprint density at radius 1 is 1.46 bits per heavy atom. The van der Waals surface area contributed by atoms with Gasteiger partial charge in [-0.25, -0.2) is 4.68 Å². The minimum absolute atomic E-state index is 0.153. The summed E-state index contributed by atoms with van der Waals surface area (Å²) in [6, 6.07) is 1.32. The molecule has 1 N–H and O–H groups in total. The van der Waals surface area contributed by atoms with Gasteiger partial charge in [0, 0.05) is 19.3 Å². The highest BCUT2D eigenvalue weighted by atomic mass is 16.1. The second kappa shape index (κ2) is 2.55. The molecule has 0 aliphatic heterocycles. The Balaban J connectivity index is 3.15. The largest absolute Gasteiger partial charge is 0.359 e. The number of nitrogens with one attached hydrogen (secondary N) is 1. The highest BCUT2D eigenvalue weighted by molar-refractivity contribution is 5.75. The molecular weight excluding hydrogens is 170 g/mol. The number of hydrogen-bond donors (Lipinski definition) is 1. The zero-order valence-corrected chi connectivity index (χ0v) is 6.94. The van der Waals surface area contributed by atoms with Crippen LogP contribution in [0.5, 0.6) is 0 Å². The van der Waals surface area contributed by atoms with Crippen molar-refractivity contribution in [3.8, 4) is 0 Å². The van der Waals surface area contributed by atoms with Crippen LogP contribution in [0.3, 0.4) is 0 Å². The molecule has 0 unspecified atom stereocenters. The molecule has 5 nitrogen and oxygen atoms in total. The average molecular weight is 177 g/mol. The van der Waals surface area contributed by atoms with Crippen LogP contribution in [0.2, 0.25) is 0 Å². The fourth-order valence-electron chi connectivity index (χ4n) is 1.18. The van der Waals surface area contributed by atoms with Crippen LogP contribution in [0, 0.1) is 0 Å². The van der Waals surface area contributed by atoms with Gasteiger partial charge in [-0.15, -0.1) is 0 Å². The number of H-pyrrole nitrogens is 1. The summed E-state index contributed by atoms with van der Waals surface area (Å²) in [4.78, 5) is 25.5. The van der Waals surface area contributed by atoms with E-state index in [4.69, 9.17) is 0 Å². The van der Waals surface area contributed by atoms with E-state index in [1.54, 1.807) is 0 Å². The van der Waals surface area contributed by atoms with Crippen LogP contribution in [0.15, 0.2) is 28.0 Å². The van der Waals surface area contributed by atoms with Crippen LogP contribution in [0.4, 0.5) is 0 Å². The van der Waals surface area contributed by atoms with E-state index in [1.807, 2.05) is 0 Å². The molecule has 0 aromatic carbocycles. The Kier molecular flexibility index (Phi) is 1.51. The first-order valence-corrected chi connectivity index (χ1v) is 3.74. The predicted octanol–water partition coefficient (Wildman–Crippen LogP) is -0.378. The van der Waals surface area contributed by atoms with Crippen molar-refractivity contribution >= 4 is 10.9 Å². The van der Waals surface area contributed by atoms with Crippen molar-refractivity contribution in [3.05, 3.63) is 39.0 Å². The maximum absolute atomic E-state index is 11.4. The summed E-state index contributed by atoms with van der Waals surface area (Å²) in [5, 5.41) is 3.93. The Morgan fingerprint density at radius 3 is 3.00 bits per heavy atom. The molecule has 2 aromatic rings. The smallest absolute Gasteiger partial charge is 0.279 e. The molecule has 0 aliphatic carbocycles. The number of hydrogen-bond acceptors (Lipinski definition) is 3. The fraction of sp³-hybridized carbons (Fsp3) is 0.125. The van der Waals surface area contributed by atoms with Crippen molar-refractivity contribution in [2.75, 3.05) is 0 Å². The van der Waals surface area contributed by atoms with Crippen molar-refractivity contribution in [2.45, 2.75) is 0 Å². The van der Waals surface area contributed by atoms with Gasteiger partial charge >= 0.3 is 0 Å². The Bertz CT molecular complexity index is 567. The molecule has 13 heavy (non-hydrogen) atoms. The molecule has 0 amide bonds. The number of aryl methyl sites for hydroxylation is 1. The summed E-state index contributed by atoms with van der Waals surface area (Å²) < 4.78 is 1.14. The van der Waals surface area contributed by atoms with Gasteiger partial charge in [-0.05, 0) is 0 Å². The maximum atomic E-state index is 11.4. The van der Waals surface area contributed by atoms with E-state index < -0.39 is 0 Å². The molecular formula is C8H7N3O2. The highest BCUT2D eigenvalue weighted by Crippen LogP contribution is 1.95. The summed E-state index contributed by atoms with van der Waals surface area (Å²) in [6.07, 6.45) is 2.95. The van der Waals surface area contributed by atoms with Gasteiger partial charge in [0.25, 0.3) is 5.56 Å². The molecule has 0 saturated heterocycles. The monoisotopic (exact) mass is 177 g/mol. The van der Waals surface area contributed by atoms with Gasteiger partial charge in [-0.3, -0.25) is 9.59 Å². The minimum atomic E-state index is -0.376. The van der Waals surface area contributed by atoms with Crippen molar-refractivity contribution in [3.63, 3.8) is 0 Å². The topological polar surface area (TPSA) is 67.8 Å². The van der Waals surface area contributed by atoms with Crippen LogP contribution in [-0.2, 0) is 7.05 Å². The Labute approximate surface area is 72.6 Å². The van der Waals surface area contributed by atoms with Gasteiger partial charge < -0.3 is 4.98 Å². The van der Waals surface area contributed by atoms with Crippen LogP contribution >= 0.6 is 0 Å². The van der Waals surface area contributed by atoms with E-state index in [1.165, 1.54) is 25.5 Å². The summed E-state index contributed by atoms with van der Waals surface area (Å²) in [5.74, 6) is 0. The van der Waals surface area contributed by atoms with E-state index in [0.29, 0.717) is 5.52 Å². The average Bonchev–Trinajstić information content (AvgIpc) is 2.12. The maximum Gasteiger partial charge on any atom is 0.279 e. The third kappa shape index (κ3) is 1.05. The minimum Gasteiger partial charge on any atom is -0.359 e. The van der Waals surface area contributed by atoms with E-state index >= 15 is 0 Å². The first-order valence-electron chi connectivity index (χ1n) is 3.74. The number of rotatable bonds is 0. The number of nitrogens with zero attached hydrogens (tertiary/aromatic N) is 2. The third-order valence-electron chi connectivity index (χ3n) is 1.86. The molecule has 5 heteroatoms. The molecule has 0 saturated carbocycles. The standard InChI is InChI=1S/C8H7N3O2/c1-11-8(13)7-5(4-10-11)9-3-2-6(7)12/h2-4H,1H3,(H,9,12). The van der Waals surface area contributed by atoms with Gasteiger partial charge in [0.15, 0.2) is 5.43 Å². The molecule has 2 heterocycles. The van der Waals surface area contributed by atoms with Gasteiger partial charge in [0.1, 0.15) is 5.39 Å². The lowest BCUT2D eigenvalue weighted by atomic mass is 10.3. The molecule has 2 aromatic heterocycles. The van der Waals surface area contributed by atoms with Crippen molar-refractivity contribution < 1.29 is 0 Å². The number of aromatic nitrogens is 3. The number of fused-ring (bicyclic) bond motifs is 1. The zero-order chi connectivity index (χ0) is 9.42. The highest BCUT2D eigenvalue weighted by Gasteiger charge is 2.03. The normalized spacial score (nSPS) is 10.5. The van der Waals surface area contributed by atoms with E-state index in [-0.39, 0.29) is 16.4 Å².